The van der Waals surface area contributed by atoms with Crippen molar-refractivity contribution in [1.82, 2.24) is 15.8 Å². The Bertz CT molecular complexity index is 1040. The summed E-state index contributed by atoms with van der Waals surface area (Å²) in [4.78, 5) is 28.0. The van der Waals surface area contributed by atoms with E-state index in [1.807, 2.05) is 24.3 Å². The number of amides is 2. The Kier molecular flexibility index (Phi) is 5.64. The zero-order valence-corrected chi connectivity index (χ0v) is 15.7. The fourth-order valence-electron chi connectivity index (χ4n) is 2.99. The van der Waals surface area contributed by atoms with E-state index in [4.69, 9.17) is 9.47 Å². The van der Waals surface area contributed by atoms with Crippen LogP contribution in [0.2, 0.25) is 0 Å². The average Bonchev–Trinajstić information content (AvgIpc) is 3.15. The zero-order chi connectivity index (χ0) is 20.1. The van der Waals surface area contributed by atoms with Crippen LogP contribution in [-0.2, 0) is 6.42 Å². The van der Waals surface area contributed by atoms with Crippen molar-refractivity contribution in [3.8, 4) is 11.5 Å². The smallest absolute Gasteiger partial charge is 0.271 e. The van der Waals surface area contributed by atoms with Gasteiger partial charge in [0.25, 0.3) is 11.8 Å². The van der Waals surface area contributed by atoms with Crippen molar-refractivity contribution in [2.45, 2.75) is 6.42 Å². The second-order valence-corrected chi connectivity index (χ2v) is 6.02. The van der Waals surface area contributed by atoms with Crippen molar-refractivity contribution >= 4 is 22.7 Å². The fraction of sp³-hybridized carbons (Fsp3) is 0.143. The van der Waals surface area contributed by atoms with Gasteiger partial charge in [-0.15, -0.1) is 6.58 Å². The van der Waals surface area contributed by atoms with Crippen molar-refractivity contribution < 1.29 is 19.1 Å². The Morgan fingerprint density at radius 1 is 1.11 bits per heavy atom. The van der Waals surface area contributed by atoms with Gasteiger partial charge in [0.05, 0.1) is 19.8 Å². The van der Waals surface area contributed by atoms with E-state index in [1.54, 1.807) is 24.4 Å². The number of hydrogen-bond acceptors (Lipinski definition) is 4. The molecule has 144 valence electrons. The number of hydrogen-bond donors (Lipinski definition) is 3. The number of fused-ring (bicyclic) bond motifs is 1. The first-order valence-corrected chi connectivity index (χ1v) is 8.61. The van der Waals surface area contributed by atoms with Crippen LogP contribution < -0.4 is 20.3 Å². The Balaban J connectivity index is 1.78. The SMILES string of the molecule is C=CCc1cc(C(=O)NNC(=O)c2c[nH]c3ccccc23)cc(OC)c1OC. The van der Waals surface area contributed by atoms with Crippen LogP contribution in [-0.4, -0.2) is 31.0 Å². The molecule has 0 radical (unpaired) electrons. The molecule has 0 atom stereocenters. The third-order valence-corrected chi connectivity index (χ3v) is 4.31. The maximum Gasteiger partial charge on any atom is 0.271 e. The van der Waals surface area contributed by atoms with E-state index in [0.29, 0.717) is 29.0 Å². The number of carbonyl (C=O) groups excluding carboxylic acids is 2. The molecule has 0 aliphatic rings. The molecule has 0 unspecified atom stereocenters. The standard InChI is InChI=1S/C21H21N3O4/c1-4-7-13-10-14(11-18(27-2)19(13)28-3)20(25)23-24-21(26)16-12-22-17-9-6-5-8-15(16)17/h4-6,8-12,22H,1,7H2,2-3H3,(H,23,25)(H,24,26). The third kappa shape index (κ3) is 3.68. The van der Waals surface area contributed by atoms with Crippen LogP contribution in [0.1, 0.15) is 26.3 Å². The van der Waals surface area contributed by atoms with Crippen LogP contribution in [0.4, 0.5) is 0 Å². The van der Waals surface area contributed by atoms with Crippen molar-refractivity contribution in [2.75, 3.05) is 14.2 Å². The largest absolute Gasteiger partial charge is 0.493 e. The van der Waals surface area contributed by atoms with Crippen LogP contribution in [0.3, 0.4) is 0 Å². The highest BCUT2D eigenvalue weighted by molar-refractivity contribution is 6.07. The van der Waals surface area contributed by atoms with Gasteiger partial charge in [-0.05, 0) is 24.6 Å². The average molecular weight is 379 g/mol. The van der Waals surface area contributed by atoms with Gasteiger partial charge >= 0.3 is 0 Å². The zero-order valence-electron chi connectivity index (χ0n) is 15.7. The monoisotopic (exact) mass is 379 g/mol. The highest BCUT2D eigenvalue weighted by Crippen LogP contribution is 2.33. The molecule has 0 bridgehead atoms. The molecule has 28 heavy (non-hydrogen) atoms. The quantitative estimate of drug-likeness (QED) is 0.453. The van der Waals surface area contributed by atoms with Crippen LogP contribution in [0, 0.1) is 0 Å². The number of allylic oxidation sites excluding steroid dienone is 1. The van der Waals surface area contributed by atoms with Crippen molar-refractivity contribution in [1.29, 1.82) is 0 Å². The molecule has 3 rings (SSSR count). The second-order valence-electron chi connectivity index (χ2n) is 6.02. The number of carbonyl (C=O) groups is 2. The lowest BCUT2D eigenvalue weighted by molar-refractivity contribution is 0.0847. The number of rotatable bonds is 6. The van der Waals surface area contributed by atoms with E-state index in [-0.39, 0.29) is 0 Å². The van der Waals surface area contributed by atoms with Gasteiger partial charge in [0.1, 0.15) is 0 Å². The minimum Gasteiger partial charge on any atom is -0.493 e. The summed E-state index contributed by atoms with van der Waals surface area (Å²) in [5.74, 6) is 0.0776. The highest BCUT2D eigenvalue weighted by Gasteiger charge is 2.17. The molecule has 0 spiro atoms. The van der Waals surface area contributed by atoms with Gasteiger partial charge in [-0.2, -0.15) is 0 Å². The number of methoxy groups -OCH3 is 2. The van der Waals surface area contributed by atoms with Gasteiger partial charge in [0, 0.05) is 28.2 Å². The summed E-state index contributed by atoms with van der Waals surface area (Å²) < 4.78 is 10.7. The predicted molar refractivity (Wildman–Crippen MR) is 107 cm³/mol. The molecule has 0 aliphatic heterocycles. The molecule has 0 aliphatic carbocycles. The Morgan fingerprint density at radius 3 is 2.57 bits per heavy atom. The summed E-state index contributed by atoms with van der Waals surface area (Å²) in [5, 5.41) is 0.772. The first-order chi connectivity index (χ1) is 13.6. The van der Waals surface area contributed by atoms with E-state index in [9.17, 15) is 9.59 Å². The van der Waals surface area contributed by atoms with Crippen molar-refractivity contribution in [2.24, 2.45) is 0 Å². The molecule has 1 heterocycles. The summed E-state index contributed by atoms with van der Waals surface area (Å²) in [6, 6.07) is 10.7. The van der Waals surface area contributed by atoms with Gasteiger partial charge in [0.2, 0.25) is 0 Å². The number of H-pyrrole nitrogens is 1. The van der Waals surface area contributed by atoms with Crippen LogP contribution >= 0.6 is 0 Å². The maximum absolute atomic E-state index is 12.6. The molecule has 0 fully saturated rings. The van der Waals surface area contributed by atoms with Crippen LogP contribution in [0.15, 0.2) is 55.3 Å². The van der Waals surface area contributed by atoms with E-state index in [1.165, 1.54) is 14.2 Å². The van der Waals surface area contributed by atoms with E-state index in [0.717, 1.165) is 16.5 Å². The van der Waals surface area contributed by atoms with Crippen molar-refractivity contribution in [3.05, 3.63) is 71.9 Å². The Morgan fingerprint density at radius 2 is 1.86 bits per heavy atom. The number of hydrazine groups is 1. The van der Waals surface area contributed by atoms with Gasteiger partial charge < -0.3 is 14.5 Å². The lowest BCUT2D eigenvalue weighted by atomic mass is 10.1. The topological polar surface area (TPSA) is 92.5 Å². The first-order valence-electron chi connectivity index (χ1n) is 8.61. The predicted octanol–water partition coefficient (Wildman–Crippen LogP) is 2.99. The molecule has 7 heteroatoms. The molecule has 3 aromatic rings. The highest BCUT2D eigenvalue weighted by atomic mass is 16.5. The molecule has 7 nitrogen and oxygen atoms in total. The summed E-state index contributed by atoms with van der Waals surface area (Å²) >= 11 is 0. The van der Waals surface area contributed by atoms with Gasteiger partial charge in [0.15, 0.2) is 11.5 Å². The fourth-order valence-corrected chi connectivity index (χ4v) is 2.99. The Hall–Kier alpha value is -3.74. The maximum atomic E-state index is 12.6. The van der Waals surface area contributed by atoms with Gasteiger partial charge in [-0.3, -0.25) is 20.4 Å². The minimum absolute atomic E-state index is 0.328. The molecule has 2 aromatic carbocycles. The lowest BCUT2D eigenvalue weighted by Crippen LogP contribution is -2.41. The van der Waals surface area contributed by atoms with Gasteiger partial charge in [-0.25, -0.2) is 0 Å². The summed E-state index contributed by atoms with van der Waals surface area (Å²) in [7, 11) is 3.03. The van der Waals surface area contributed by atoms with E-state index >= 15 is 0 Å². The molecule has 1 aromatic heterocycles. The second kappa shape index (κ2) is 8.30. The number of ether oxygens (including phenoxy) is 2. The number of nitrogens with one attached hydrogen (secondary N) is 3. The molecule has 2 amide bonds. The molecule has 0 saturated heterocycles. The van der Waals surface area contributed by atoms with Crippen LogP contribution in [0.25, 0.3) is 10.9 Å². The van der Waals surface area contributed by atoms with Crippen LogP contribution in [0.5, 0.6) is 11.5 Å². The number of benzene rings is 2. The summed E-state index contributed by atoms with van der Waals surface area (Å²) in [6.07, 6.45) is 3.81. The molecular formula is C21H21N3O4. The lowest BCUT2D eigenvalue weighted by Gasteiger charge is -2.14. The molecule has 3 N–H and O–H groups in total. The van der Waals surface area contributed by atoms with E-state index in [2.05, 4.69) is 22.4 Å². The molecular weight excluding hydrogens is 358 g/mol. The number of aromatic nitrogens is 1. The first kappa shape index (κ1) is 19.0. The summed E-state index contributed by atoms with van der Waals surface area (Å²) in [5.41, 5.74) is 7.24. The third-order valence-electron chi connectivity index (χ3n) is 4.31. The molecule has 0 saturated carbocycles. The van der Waals surface area contributed by atoms with Gasteiger partial charge in [-0.1, -0.05) is 24.3 Å². The minimum atomic E-state index is -0.473. The number of para-hydroxylation sites is 1. The summed E-state index contributed by atoms with van der Waals surface area (Å²) in [6.45, 7) is 3.72. The van der Waals surface area contributed by atoms with E-state index < -0.39 is 11.8 Å². The Labute approximate surface area is 162 Å². The van der Waals surface area contributed by atoms with Crippen molar-refractivity contribution in [3.63, 3.8) is 0 Å². The normalized spacial score (nSPS) is 10.4. The number of aromatic amines is 1.